The molecule has 6 nitrogen and oxygen atoms in total. The number of esters is 1. The fourth-order valence-corrected chi connectivity index (χ4v) is 1.94. The molecule has 0 saturated heterocycles. The molecule has 0 fully saturated rings. The van der Waals surface area contributed by atoms with Crippen molar-refractivity contribution in [1.82, 2.24) is 4.57 Å². The number of nitro benzene ring substituents is 1. The molecular weight excluding hydrogens is 317 g/mol. The molecule has 0 radical (unpaired) electrons. The molecule has 0 bridgehead atoms. The number of nitrogens with zero attached hydrogens (tertiary/aromatic N) is 2. The second kappa shape index (κ2) is 6.11. The van der Waals surface area contributed by atoms with E-state index < -0.39 is 23.2 Å². The Balaban J connectivity index is 2.24. The Morgan fingerprint density at radius 1 is 1.26 bits per heavy atom. The number of carbonyl (C=O) groups excluding carboxylic acids is 1. The Kier molecular flexibility index (Phi) is 4.39. The maximum atomic E-state index is 13.1. The average molecular weight is 328 g/mol. The van der Waals surface area contributed by atoms with Crippen molar-refractivity contribution in [3.63, 3.8) is 0 Å². The lowest BCUT2D eigenvalue weighted by Gasteiger charge is -2.21. The van der Waals surface area contributed by atoms with Gasteiger partial charge in [0.1, 0.15) is 0 Å². The summed E-state index contributed by atoms with van der Waals surface area (Å²) in [5, 5.41) is 10.5. The highest BCUT2D eigenvalue weighted by molar-refractivity contribution is 5.89. The monoisotopic (exact) mass is 328 g/mol. The molecule has 1 unspecified atom stereocenters. The molecule has 0 aliphatic carbocycles. The first-order chi connectivity index (χ1) is 10.7. The van der Waals surface area contributed by atoms with E-state index in [4.69, 9.17) is 0 Å². The van der Waals surface area contributed by atoms with E-state index >= 15 is 0 Å². The second-order valence-corrected chi connectivity index (χ2v) is 4.67. The first-order valence-electron chi connectivity index (χ1n) is 6.33. The molecule has 1 heterocycles. The van der Waals surface area contributed by atoms with Gasteiger partial charge in [-0.05, 0) is 24.3 Å². The molecule has 122 valence electrons. The molecule has 23 heavy (non-hydrogen) atoms. The summed E-state index contributed by atoms with van der Waals surface area (Å²) in [6, 6.07) is 6.70. The summed E-state index contributed by atoms with van der Waals surface area (Å²) in [7, 11) is 1.40. The van der Waals surface area contributed by atoms with Crippen LogP contribution in [0.5, 0.6) is 0 Å². The van der Waals surface area contributed by atoms with Crippen LogP contribution in [0.4, 0.5) is 18.9 Å². The molecule has 2 rings (SSSR count). The summed E-state index contributed by atoms with van der Waals surface area (Å²) in [5.74, 6) is -1.22. The zero-order valence-corrected chi connectivity index (χ0v) is 11.8. The SMILES string of the molecule is Cn1cccc1C(OC(=O)c1ccc([N+](=O)[O-])cc1)C(F)(F)F. The summed E-state index contributed by atoms with van der Waals surface area (Å²) in [6.07, 6.45) is -5.82. The third-order valence-electron chi connectivity index (χ3n) is 3.09. The minimum atomic E-state index is -4.79. The molecule has 0 spiro atoms. The van der Waals surface area contributed by atoms with E-state index in [1.807, 2.05) is 0 Å². The number of aromatic nitrogens is 1. The van der Waals surface area contributed by atoms with Gasteiger partial charge >= 0.3 is 12.1 Å². The predicted octanol–water partition coefficient (Wildman–Crippen LogP) is 3.39. The second-order valence-electron chi connectivity index (χ2n) is 4.67. The van der Waals surface area contributed by atoms with Crippen LogP contribution in [0.1, 0.15) is 22.2 Å². The first-order valence-corrected chi connectivity index (χ1v) is 6.33. The van der Waals surface area contributed by atoms with Gasteiger partial charge in [-0.15, -0.1) is 0 Å². The highest BCUT2D eigenvalue weighted by atomic mass is 19.4. The topological polar surface area (TPSA) is 74.4 Å². The lowest BCUT2D eigenvalue weighted by molar-refractivity contribution is -0.384. The average Bonchev–Trinajstić information content (AvgIpc) is 2.89. The van der Waals surface area contributed by atoms with E-state index in [1.54, 1.807) is 0 Å². The van der Waals surface area contributed by atoms with Crippen LogP contribution in [0, 0.1) is 10.1 Å². The van der Waals surface area contributed by atoms with Crippen LogP contribution >= 0.6 is 0 Å². The Labute approximate surface area is 128 Å². The molecule has 0 N–H and O–H groups in total. The van der Waals surface area contributed by atoms with Crippen molar-refractivity contribution >= 4 is 11.7 Å². The molecule has 1 aromatic carbocycles. The van der Waals surface area contributed by atoms with Crippen molar-refractivity contribution in [2.45, 2.75) is 12.3 Å². The lowest BCUT2D eigenvalue weighted by Crippen LogP contribution is -2.27. The molecule has 9 heteroatoms. The van der Waals surface area contributed by atoms with Gasteiger partial charge in [0.2, 0.25) is 6.10 Å². The fraction of sp³-hybridized carbons (Fsp3) is 0.214. The summed E-state index contributed by atoms with van der Waals surface area (Å²) < 4.78 is 45.2. The van der Waals surface area contributed by atoms with Crippen molar-refractivity contribution in [3.05, 3.63) is 64.0 Å². The third kappa shape index (κ3) is 3.68. The van der Waals surface area contributed by atoms with Crippen LogP contribution in [0.2, 0.25) is 0 Å². The van der Waals surface area contributed by atoms with Crippen LogP contribution in [-0.4, -0.2) is 21.6 Å². The number of rotatable bonds is 4. The number of hydrogen-bond donors (Lipinski definition) is 0. The number of benzene rings is 1. The number of ether oxygens (including phenoxy) is 1. The summed E-state index contributed by atoms with van der Waals surface area (Å²) >= 11 is 0. The smallest absolute Gasteiger partial charge is 0.431 e. The Morgan fingerprint density at radius 2 is 1.87 bits per heavy atom. The number of hydrogen-bond acceptors (Lipinski definition) is 4. The third-order valence-corrected chi connectivity index (χ3v) is 3.09. The highest BCUT2D eigenvalue weighted by Gasteiger charge is 2.45. The van der Waals surface area contributed by atoms with Gasteiger partial charge in [-0.3, -0.25) is 10.1 Å². The van der Waals surface area contributed by atoms with Gasteiger partial charge in [0, 0.05) is 25.4 Å². The Bertz CT molecular complexity index is 722. The predicted molar refractivity (Wildman–Crippen MR) is 72.7 cm³/mol. The van der Waals surface area contributed by atoms with Crippen LogP contribution < -0.4 is 0 Å². The van der Waals surface area contributed by atoms with Gasteiger partial charge < -0.3 is 9.30 Å². The normalized spacial score (nSPS) is 12.7. The number of alkyl halides is 3. The van der Waals surface area contributed by atoms with Crippen LogP contribution in [-0.2, 0) is 11.8 Å². The summed E-state index contributed by atoms with van der Waals surface area (Å²) in [6.45, 7) is 0. The number of aryl methyl sites for hydroxylation is 1. The maximum absolute atomic E-state index is 13.1. The van der Waals surface area contributed by atoms with Crippen molar-refractivity contribution in [2.24, 2.45) is 7.05 Å². The van der Waals surface area contributed by atoms with E-state index in [2.05, 4.69) is 4.74 Å². The fourth-order valence-electron chi connectivity index (χ4n) is 1.94. The summed E-state index contributed by atoms with van der Waals surface area (Å²) in [4.78, 5) is 21.7. The van der Waals surface area contributed by atoms with E-state index in [0.29, 0.717) is 0 Å². The molecule has 0 aliphatic heterocycles. The number of non-ortho nitro benzene ring substituents is 1. The first kappa shape index (κ1) is 16.5. The lowest BCUT2D eigenvalue weighted by atomic mass is 10.2. The minimum absolute atomic E-state index is 0.209. The van der Waals surface area contributed by atoms with Crippen LogP contribution in [0.15, 0.2) is 42.6 Å². The zero-order valence-electron chi connectivity index (χ0n) is 11.8. The maximum Gasteiger partial charge on any atom is 0.431 e. The Morgan fingerprint density at radius 3 is 2.30 bits per heavy atom. The molecule has 2 aromatic rings. The Hall–Kier alpha value is -2.84. The summed E-state index contributed by atoms with van der Waals surface area (Å²) in [5.41, 5.74) is -0.719. The van der Waals surface area contributed by atoms with Crippen molar-refractivity contribution in [3.8, 4) is 0 Å². The van der Waals surface area contributed by atoms with E-state index in [1.165, 1.54) is 29.9 Å². The van der Waals surface area contributed by atoms with Crippen LogP contribution in [0.25, 0.3) is 0 Å². The van der Waals surface area contributed by atoms with Gasteiger partial charge in [-0.25, -0.2) is 4.79 Å². The van der Waals surface area contributed by atoms with Crippen molar-refractivity contribution in [2.75, 3.05) is 0 Å². The number of nitro groups is 1. The largest absolute Gasteiger partial charge is 0.443 e. The van der Waals surface area contributed by atoms with Gasteiger partial charge in [0.15, 0.2) is 0 Å². The van der Waals surface area contributed by atoms with Gasteiger partial charge in [0.25, 0.3) is 5.69 Å². The number of carbonyl (C=O) groups is 1. The van der Waals surface area contributed by atoms with Gasteiger partial charge in [-0.1, -0.05) is 0 Å². The highest BCUT2D eigenvalue weighted by Crippen LogP contribution is 2.36. The zero-order chi connectivity index (χ0) is 17.2. The molecular formula is C14H11F3N2O4. The molecule has 0 amide bonds. The van der Waals surface area contributed by atoms with Crippen molar-refractivity contribution in [1.29, 1.82) is 0 Å². The minimum Gasteiger partial charge on any atom is -0.443 e. The van der Waals surface area contributed by atoms with Gasteiger partial charge in [-0.2, -0.15) is 13.2 Å². The quantitative estimate of drug-likeness (QED) is 0.490. The molecule has 1 aromatic heterocycles. The van der Waals surface area contributed by atoms with E-state index in [-0.39, 0.29) is 16.9 Å². The molecule has 1 atom stereocenters. The van der Waals surface area contributed by atoms with Crippen molar-refractivity contribution < 1.29 is 27.6 Å². The van der Waals surface area contributed by atoms with E-state index in [0.717, 1.165) is 24.3 Å². The molecule has 0 saturated carbocycles. The number of halogens is 3. The standard InChI is InChI=1S/C14H11F3N2O4/c1-18-8-2-3-11(18)12(14(15,16)17)23-13(20)9-4-6-10(7-5-9)19(21)22/h2-8,12H,1H3. The van der Waals surface area contributed by atoms with Gasteiger partial charge in [0.05, 0.1) is 16.2 Å². The van der Waals surface area contributed by atoms with Crippen LogP contribution in [0.3, 0.4) is 0 Å². The van der Waals surface area contributed by atoms with E-state index in [9.17, 15) is 28.1 Å². The molecule has 0 aliphatic rings.